The molecule has 3 rings (SSSR count). The number of benzene rings is 1. The van der Waals surface area contributed by atoms with Crippen LogP contribution in [-0.2, 0) is 11.8 Å². The Labute approximate surface area is 192 Å². The molecule has 10 nitrogen and oxygen atoms in total. The van der Waals surface area contributed by atoms with Gasteiger partial charge in [0, 0.05) is 10.7 Å². The molecule has 2 aromatic heterocycles. The quantitative estimate of drug-likeness (QED) is 0.419. The minimum Gasteiger partial charge on any atom is -0.539 e. The molecule has 0 fully saturated rings. The molecule has 3 aromatic rings. The number of nitriles is 2. The van der Waals surface area contributed by atoms with E-state index in [4.69, 9.17) is 17.3 Å². The van der Waals surface area contributed by atoms with Crippen LogP contribution in [0.4, 0.5) is 11.5 Å². The summed E-state index contributed by atoms with van der Waals surface area (Å²) in [6, 6.07) is 8.94. The molecule has 2 heterocycles. The van der Waals surface area contributed by atoms with Crippen molar-refractivity contribution in [1.29, 1.82) is 10.5 Å². The molecule has 0 aliphatic carbocycles. The number of nitrogen functional groups attached to an aromatic ring is 1. The molecule has 0 radical (unpaired) electrons. The number of anilines is 2. The lowest BCUT2D eigenvalue weighted by atomic mass is 10.0. The Morgan fingerprint density at radius 2 is 2.06 bits per heavy atom. The van der Waals surface area contributed by atoms with E-state index < -0.39 is 11.2 Å². The third kappa shape index (κ3) is 4.30. The number of amides is 1. The maximum atomic E-state index is 12.7. The van der Waals surface area contributed by atoms with E-state index in [0.717, 1.165) is 22.0 Å². The topological polar surface area (TPSA) is 169 Å². The molecular weight excluding hydrogens is 454 g/mol. The van der Waals surface area contributed by atoms with Gasteiger partial charge in [-0.2, -0.15) is 10.5 Å². The van der Waals surface area contributed by atoms with Gasteiger partial charge in [0.15, 0.2) is 13.0 Å². The van der Waals surface area contributed by atoms with Crippen molar-refractivity contribution >= 4 is 40.8 Å². The number of hydrogen-bond donors (Lipinski definition) is 2. The van der Waals surface area contributed by atoms with Gasteiger partial charge >= 0.3 is 0 Å². The molecule has 0 aliphatic heterocycles. The van der Waals surface area contributed by atoms with Gasteiger partial charge in [0.25, 0.3) is 5.69 Å². The van der Waals surface area contributed by atoms with Gasteiger partial charge in [-0.1, -0.05) is 34.1 Å². The minimum atomic E-state index is -0.843. The van der Waals surface area contributed by atoms with E-state index in [1.54, 1.807) is 25.1 Å². The fourth-order valence-corrected chi connectivity index (χ4v) is 3.93. The first-order valence-corrected chi connectivity index (χ1v) is 10.3. The third-order valence-corrected chi connectivity index (χ3v) is 6.01. The first-order chi connectivity index (χ1) is 15.2. The average Bonchev–Trinajstić information content (AvgIpc) is 3.08. The van der Waals surface area contributed by atoms with Crippen molar-refractivity contribution in [2.45, 2.75) is 24.1 Å². The molecule has 162 valence electrons. The number of aromatic nitrogens is 3. The van der Waals surface area contributed by atoms with Gasteiger partial charge in [-0.15, -0.1) is 0 Å². The Hall–Kier alpha value is -3.80. The van der Waals surface area contributed by atoms with Gasteiger partial charge in [-0.05, 0) is 31.5 Å². The Bertz CT molecular complexity index is 1290. The van der Waals surface area contributed by atoms with Gasteiger partial charge in [-0.3, -0.25) is 4.79 Å². The summed E-state index contributed by atoms with van der Waals surface area (Å²) < 4.78 is 5.73. The van der Waals surface area contributed by atoms with Crippen molar-refractivity contribution in [2.24, 2.45) is 7.05 Å². The standard InChI is InChI=1S/C20H16ClN7O3S/c1-9-4-5-11(6-14(9)21)25-18(29)10(2)32-19-13(8-23)15(12(7-22)17(24)26-19)16-20(30)31-27-28(16)3/h4-6,10H,1-3H3,(H3-,24,25,26,27,29,30). The van der Waals surface area contributed by atoms with E-state index in [9.17, 15) is 20.4 Å². The molecule has 1 unspecified atom stereocenters. The number of nitrogens with zero attached hydrogens (tertiary/aromatic N) is 5. The Kier molecular flexibility index (Phi) is 6.53. The van der Waals surface area contributed by atoms with Crippen LogP contribution in [0, 0.1) is 29.6 Å². The normalized spacial score (nSPS) is 11.4. The van der Waals surface area contributed by atoms with Gasteiger partial charge < -0.3 is 20.7 Å². The lowest BCUT2D eigenvalue weighted by Gasteiger charge is -2.15. The summed E-state index contributed by atoms with van der Waals surface area (Å²) in [7, 11) is 1.43. The molecular formula is C20H16ClN7O3S. The van der Waals surface area contributed by atoms with Crippen molar-refractivity contribution in [3.8, 4) is 29.3 Å². The van der Waals surface area contributed by atoms with E-state index in [1.165, 1.54) is 7.05 Å². The number of carbonyl (C=O) groups excluding carboxylic acids is 1. The Balaban J connectivity index is 1.99. The van der Waals surface area contributed by atoms with Crippen molar-refractivity contribution < 1.29 is 19.1 Å². The van der Waals surface area contributed by atoms with Crippen LogP contribution in [0.25, 0.3) is 11.3 Å². The number of nitrogens with two attached hydrogens (primary N) is 1. The van der Waals surface area contributed by atoms with Crippen LogP contribution < -0.4 is 20.8 Å². The zero-order valence-corrected chi connectivity index (χ0v) is 18.7. The van der Waals surface area contributed by atoms with E-state index in [1.807, 2.05) is 19.1 Å². The molecule has 0 bridgehead atoms. The number of pyridine rings is 1. The van der Waals surface area contributed by atoms with Gasteiger partial charge in [0.05, 0.1) is 21.6 Å². The highest BCUT2D eigenvalue weighted by Gasteiger charge is 2.30. The number of nitrogens with one attached hydrogen (secondary N) is 1. The fourth-order valence-electron chi connectivity index (χ4n) is 2.83. The molecule has 1 atom stereocenters. The summed E-state index contributed by atoms with van der Waals surface area (Å²) in [5, 5.41) is 37.7. The Morgan fingerprint density at radius 1 is 1.38 bits per heavy atom. The number of halogens is 1. The molecule has 1 aromatic carbocycles. The lowest BCUT2D eigenvalue weighted by molar-refractivity contribution is -0.730. The smallest absolute Gasteiger partial charge is 0.266 e. The summed E-state index contributed by atoms with van der Waals surface area (Å²) in [5.74, 6) is -1.41. The van der Waals surface area contributed by atoms with Crippen LogP contribution in [0.1, 0.15) is 23.6 Å². The molecule has 32 heavy (non-hydrogen) atoms. The highest BCUT2D eigenvalue weighted by Crippen LogP contribution is 2.38. The average molecular weight is 470 g/mol. The zero-order valence-electron chi connectivity index (χ0n) is 17.1. The van der Waals surface area contributed by atoms with Crippen LogP contribution >= 0.6 is 23.4 Å². The van der Waals surface area contributed by atoms with Gasteiger partial charge in [0.1, 0.15) is 28.5 Å². The molecule has 0 saturated heterocycles. The minimum absolute atomic E-state index is 0.0447. The van der Waals surface area contributed by atoms with Crippen molar-refractivity contribution in [1.82, 2.24) is 10.3 Å². The van der Waals surface area contributed by atoms with Crippen molar-refractivity contribution in [2.75, 3.05) is 11.1 Å². The first kappa shape index (κ1) is 22.9. The summed E-state index contributed by atoms with van der Waals surface area (Å²) in [5.41, 5.74) is 6.90. The number of rotatable bonds is 5. The summed E-state index contributed by atoms with van der Waals surface area (Å²) in [6.07, 6.45) is 0. The van der Waals surface area contributed by atoms with Crippen LogP contribution in [0.5, 0.6) is 5.95 Å². The van der Waals surface area contributed by atoms with E-state index in [0.29, 0.717) is 10.7 Å². The predicted octanol–water partition coefficient (Wildman–Crippen LogP) is 2.04. The van der Waals surface area contributed by atoms with Gasteiger partial charge in [0.2, 0.25) is 5.91 Å². The number of aryl methyl sites for hydroxylation is 2. The second-order valence-corrected chi connectivity index (χ2v) is 8.43. The second-order valence-electron chi connectivity index (χ2n) is 6.70. The summed E-state index contributed by atoms with van der Waals surface area (Å²) in [4.78, 5) is 16.8. The molecule has 3 N–H and O–H groups in total. The molecule has 1 amide bonds. The van der Waals surface area contributed by atoms with Crippen LogP contribution in [-0.4, -0.2) is 21.4 Å². The monoisotopic (exact) mass is 469 g/mol. The third-order valence-electron chi connectivity index (χ3n) is 4.51. The molecule has 0 saturated carbocycles. The molecule has 0 aliphatic rings. The van der Waals surface area contributed by atoms with Crippen LogP contribution in [0.2, 0.25) is 5.02 Å². The maximum absolute atomic E-state index is 12.7. The van der Waals surface area contributed by atoms with Crippen LogP contribution in [0.15, 0.2) is 27.7 Å². The summed E-state index contributed by atoms with van der Waals surface area (Å²) >= 11 is 7.06. The van der Waals surface area contributed by atoms with E-state index >= 15 is 0 Å². The number of hydrogen-bond acceptors (Lipinski definition) is 9. The molecule has 0 spiro atoms. The van der Waals surface area contributed by atoms with Crippen molar-refractivity contribution in [3.63, 3.8) is 0 Å². The Morgan fingerprint density at radius 3 is 2.62 bits per heavy atom. The summed E-state index contributed by atoms with van der Waals surface area (Å²) in [6.45, 7) is 3.46. The van der Waals surface area contributed by atoms with Gasteiger partial charge in [-0.25, -0.2) is 4.98 Å². The van der Waals surface area contributed by atoms with E-state index in [-0.39, 0.29) is 39.1 Å². The first-order valence-electron chi connectivity index (χ1n) is 9.08. The SMILES string of the molecule is Cc1ccc(NC(=O)C(C)Sc2nc(N)c(C#N)c(-c3c([O-])on[n+]3C)c2C#N)cc1Cl. The highest BCUT2D eigenvalue weighted by atomic mass is 35.5. The largest absolute Gasteiger partial charge is 0.539 e. The fraction of sp³-hybridized carbons (Fsp3) is 0.200. The zero-order chi connectivity index (χ0) is 23.6. The van der Waals surface area contributed by atoms with Crippen molar-refractivity contribution in [3.05, 3.63) is 39.9 Å². The maximum Gasteiger partial charge on any atom is 0.266 e. The lowest BCUT2D eigenvalue weighted by Crippen LogP contribution is -2.32. The molecule has 12 heteroatoms. The van der Waals surface area contributed by atoms with Crippen LogP contribution in [0.3, 0.4) is 0 Å². The highest BCUT2D eigenvalue weighted by molar-refractivity contribution is 8.00. The predicted molar refractivity (Wildman–Crippen MR) is 114 cm³/mol. The number of carbonyl (C=O) groups is 1. The second kappa shape index (κ2) is 9.14. The number of thioether (sulfide) groups is 1. The van der Waals surface area contributed by atoms with E-state index in [2.05, 4.69) is 20.1 Å².